The van der Waals surface area contributed by atoms with Gasteiger partial charge in [0, 0.05) is 25.3 Å². The van der Waals surface area contributed by atoms with Gasteiger partial charge in [-0.1, -0.05) is 40.0 Å². The van der Waals surface area contributed by atoms with Crippen molar-refractivity contribution >= 4 is 17.5 Å². The standard InChI is InChI=1S/C20H39N3O4/c1-5-6-7-8-15(11-21)9-16(25)10-17(14(4)24)20(27)23-18(12-22)19(26)13(2)3/h13-15,17-18,24H,5-12,21-22H2,1-4H3,(H,23,27)/t14-,15?,17-,18-/m0/s1. The van der Waals surface area contributed by atoms with Gasteiger partial charge >= 0.3 is 0 Å². The van der Waals surface area contributed by atoms with Gasteiger partial charge in [-0.25, -0.2) is 0 Å². The van der Waals surface area contributed by atoms with Gasteiger partial charge in [0.25, 0.3) is 0 Å². The summed E-state index contributed by atoms with van der Waals surface area (Å²) in [5, 5.41) is 12.6. The number of aliphatic hydroxyl groups excluding tert-OH is 1. The van der Waals surface area contributed by atoms with Gasteiger partial charge in [-0.3, -0.25) is 14.4 Å². The second-order valence-corrected chi connectivity index (χ2v) is 7.75. The van der Waals surface area contributed by atoms with Crippen LogP contribution in [0.2, 0.25) is 0 Å². The van der Waals surface area contributed by atoms with Gasteiger partial charge in [0.15, 0.2) is 5.78 Å². The summed E-state index contributed by atoms with van der Waals surface area (Å²) in [6, 6.07) is -0.806. The van der Waals surface area contributed by atoms with E-state index < -0.39 is 24.0 Å². The fourth-order valence-electron chi connectivity index (χ4n) is 3.05. The second-order valence-electron chi connectivity index (χ2n) is 7.75. The number of rotatable bonds is 15. The maximum absolute atomic E-state index is 12.5. The number of Topliss-reactive ketones (excluding diaryl/α,β-unsaturated/α-hetero) is 2. The van der Waals surface area contributed by atoms with Gasteiger partial charge in [-0.2, -0.15) is 0 Å². The predicted molar refractivity (Wildman–Crippen MR) is 107 cm³/mol. The first-order valence-electron chi connectivity index (χ1n) is 10.1. The zero-order chi connectivity index (χ0) is 21.0. The summed E-state index contributed by atoms with van der Waals surface area (Å²) in [6.45, 7) is 7.47. The van der Waals surface area contributed by atoms with E-state index in [0.29, 0.717) is 13.0 Å². The number of carbonyl (C=O) groups excluding carboxylic acids is 3. The van der Waals surface area contributed by atoms with Crippen LogP contribution in [-0.4, -0.2) is 47.8 Å². The Kier molecular flexibility index (Phi) is 13.1. The first-order valence-corrected chi connectivity index (χ1v) is 10.1. The van der Waals surface area contributed by atoms with Crippen molar-refractivity contribution in [1.29, 1.82) is 0 Å². The lowest BCUT2D eigenvalue weighted by Gasteiger charge is -2.24. The molecule has 0 saturated heterocycles. The number of nitrogens with two attached hydrogens (primary N) is 2. The molecule has 0 spiro atoms. The summed E-state index contributed by atoms with van der Waals surface area (Å²) in [5.41, 5.74) is 11.4. The van der Waals surface area contributed by atoms with Crippen molar-refractivity contribution in [3.63, 3.8) is 0 Å². The van der Waals surface area contributed by atoms with E-state index >= 15 is 0 Å². The molecule has 7 heteroatoms. The predicted octanol–water partition coefficient (Wildman–Crippen LogP) is 1.16. The summed E-state index contributed by atoms with van der Waals surface area (Å²) in [4.78, 5) is 37.0. The maximum Gasteiger partial charge on any atom is 0.226 e. The van der Waals surface area contributed by atoms with Gasteiger partial charge in [0.1, 0.15) is 5.78 Å². The van der Waals surface area contributed by atoms with Crippen LogP contribution >= 0.6 is 0 Å². The lowest BCUT2D eigenvalue weighted by molar-refractivity contribution is -0.136. The van der Waals surface area contributed by atoms with E-state index in [1.54, 1.807) is 13.8 Å². The SMILES string of the molecule is CCCCCC(CN)CC(=O)C[C@H](C(=O)N[C@@H](CN)C(=O)C(C)C)[C@H](C)O. The molecule has 0 aliphatic rings. The number of nitrogens with one attached hydrogen (secondary N) is 1. The summed E-state index contributed by atoms with van der Waals surface area (Å²) in [5.74, 6) is -1.85. The zero-order valence-corrected chi connectivity index (χ0v) is 17.4. The third kappa shape index (κ3) is 9.98. The fraction of sp³-hybridized carbons (Fsp3) is 0.850. The van der Waals surface area contributed by atoms with Crippen LogP contribution in [0.4, 0.5) is 0 Å². The topological polar surface area (TPSA) is 136 Å². The molecule has 0 aromatic rings. The molecule has 0 heterocycles. The van der Waals surface area contributed by atoms with E-state index in [1.165, 1.54) is 6.92 Å². The lowest BCUT2D eigenvalue weighted by atomic mass is 9.89. The highest BCUT2D eigenvalue weighted by molar-refractivity contribution is 5.93. The summed E-state index contributed by atoms with van der Waals surface area (Å²) in [6.07, 6.45) is 3.36. The van der Waals surface area contributed by atoms with E-state index in [9.17, 15) is 19.5 Å². The summed E-state index contributed by atoms with van der Waals surface area (Å²) >= 11 is 0. The number of hydrogen-bond acceptors (Lipinski definition) is 6. The van der Waals surface area contributed by atoms with Crippen LogP contribution < -0.4 is 16.8 Å². The number of unbranched alkanes of at least 4 members (excludes halogenated alkanes) is 2. The molecule has 4 atom stereocenters. The lowest BCUT2D eigenvalue weighted by Crippen LogP contribution is -2.51. The van der Waals surface area contributed by atoms with E-state index in [4.69, 9.17) is 11.5 Å². The van der Waals surface area contributed by atoms with Crippen LogP contribution in [0.25, 0.3) is 0 Å². The molecule has 0 saturated carbocycles. The number of amides is 1. The Morgan fingerprint density at radius 2 is 1.63 bits per heavy atom. The first-order chi connectivity index (χ1) is 12.7. The Morgan fingerprint density at radius 1 is 1.00 bits per heavy atom. The monoisotopic (exact) mass is 385 g/mol. The summed E-state index contributed by atoms with van der Waals surface area (Å²) < 4.78 is 0. The molecular weight excluding hydrogens is 346 g/mol. The highest BCUT2D eigenvalue weighted by Gasteiger charge is 2.30. The highest BCUT2D eigenvalue weighted by Crippen LogP contribution is 2.18. The minimum Gasteiger partial charge on any atom is -0.393 e. The highest BCUT2D eigenvalue weighted by atomic mass is 16.3. The molecule has 0 aliphatic carbocycles. The fourth-order valence-corrected chi connectivity index (χ4v) is 3.05. The van der Waals surface area contributed by atoms with Gasteiger partial charge < -0.3 is 21.9 Å². The van der Waals surface area contributed by atoms with Crippen LogP contribution in [0.15, 0.2) is 0 Å². The Hall–Kier alpha value is -1.31. The van der Waals surface area contributed by atoms with Crippen LogP contribution in [0.5, 0.6) is 0 Å². The van der Waals surface area contributed by atoms with Crippen molar-refractivity contribution in [2.45, 2.75) is 78.4 Å². The van der Waals surface area contributed by atoms with Crippen molar-refractivity contribution < 1.29 is 19.5 Å². The molecule has 0 radical (unpaired) electrons. The number of ketones is 2. The van der Waals surface area contributed by atoms with Crippen molar-refractivity contribution in [2.24, 2.45) is 29.2 Å². The average Bonchev–Trinajstić information content (AvgIpc) is 2.62. The van der Waals surface area contributed by atoms with Crippen molar-refractivity contribution in [3.8, 4) is 0 Å². The molecule has 0 fully saturated rings. The quantitative estimate of drug-likeness (QED) is 0.312. The van der Waals surface area contributed by atoms with Crippen molar-refractivity contribution in [1.82, 2.24) is 5.32 Å². The molecule has 7 nitrogen and oxygen atoms in total. The van der Waals surface area contributed by atoms with Gasteiger partial charge in [-0.15, -0.1) is 0 Å². The molecule has 27 heavy (non-hydrogen) atoms. The third-order valence-corrected chi connectivity index (χ3v) is 4.90. The molecule has 0 aromatic carbocycles. The van der Waals surface area contributed by atoms with E-state index in [-0.39, 0.29) is 36.4 Å². The maximum atomic E-state index is 12.5. The molecule has 0 rings (SSSR count). The van der Waals surface area contributed by atoms with E-state index in [2.05, 4.69) is 12.2 Å². The van der Waals surface area contributed by atoms with Crippen LogP contribution in [0.3, 0.4) is 0 Å². The Morgan fingerprint density at radius 3 is 2.07 bits per heavy atom. The molecule has 0 aliphatic heterocycles. The van der Waals surface area contributed by atoms with Crippen molar-refractivity contribution in [3.05, 3.63) is 0 Å². The Balaban J connectivity index is 4.84. The molecule has 0 aromatic heterocycles. The molecule has 158 valence electrons. The van der Waals surface area contributed by atoms with Gasteiger partial charge in [0.2, 0.25) is 5.91 Å². The number of carbonyl (C=O) groups is 3. The van der Waals surface area contributed by atoms with Crippen LogP contribution in [-0.2, 0) is 14.4 Å². The molecular formula is C20H39N3O4. The average molecular weight is 386 g/mol. The zero-order valence-electron chi connectivity index (χ0n) is 17.4. The summed E-state index contributed by atoms with van der Waals surface area (Å²) in [7, 11) is 0. The molecule has 0 bridgehead atoms. The van der Waals surface area contributed by atoms with Gasteiger partial charge in [-0.05, 0) is 25.8 Å². The van der Waals surface area contributed by atoms with E-state index in [1.807, 2.05) is 0 Å². The van der Waals surface area contributed by atoms with Crippen molar-refractivity contribution in [2.75, 3.05) is 13.1 Å². The van der Waals surface area contributed by atoms with Gasteiger partial charge in [0.05, 0.1) is 18.1 Å². The number of hydrogen-bond donors (Lipinski definition) is 4. The second kappa shape index (κ2) is 13.8. The largest absolute Gasteiger partial charge is 0.393 e. The first kappa shape index (κ1) is 25.7. The molecule has 6 N–H and O–H groups in total. The Bertz CT molecular complexity index is 466. The van der Waals surface area contributed by atoms with Crippen LogP contribution in [0.1, 0.15) is 66.2 Å². The molecule has 1 unspecified atom stereocenters. The minimum atomic E-state index is -1.00. The van der Waals surface area contributed by atoms with Crippen LogP contribution in [0, 0.1) is 17.8 Å². The minimum absolute atomic E-state index is 0.0180. The smallest absolute Gasteiger partial charge is 0.226 e. The third-order valence-electron chi connectivity index (χ3n) is 4.90. The number of aliphatic hydroxyl groups is 1. The normalized spacial score (nSPS) is 15.9. The Labute approximate surface area is 163 Å². The molecule has 1 amide bonds. The van der Waals surface area contributed by atoms with E-state index in [0.717, 1.165) is 25.7 Å².